The van der Waals surface area contributed by atoms with Crippen molar-refractivity contribution in [3.8, 4) is 17.2 Å². The summed E-state index contributed by atoms with van der Waals surface area (Å²) in [5, 5.41) is 21.6. The highest BCUT2D eigenvalue weighted by molar-refractivity contribution is 7.22. The Morgan fingerprint density at radius 3 is 2.46 bits per heavy atom. The number of amides is 1. The Kier molecular flexibility index (Phi) is 6.31. The fraction of sp³-hybridized carbons (Fsp3) is 0.179. The number of carbonyl (C=O) groups excluding carboxylic acids is 2. The van der Waals surface area contributed by atoms with Crippen LogP contribution in [0.1, 0.15) is 29.7 Å². The number of phenolic OH excluding ortho intramolecular Hbond substituents is 1. The molecule has 1 saturated heterocycles. The van der Waals surface area contributed by atoms with E-state index >= 15 is 0 Å². The van der Waals surface area contributed by atoms with E-state index < -0.39 is 17.7 Å². The highest BCUT2D eigenvalue weighted by atomic mass is 32.1. The number of ketones is 1. The summed E-state index contributed by atoms with van der Waals surface area (Å²) in [6.07, 6.45) is 0.852. The Bertz CT molecular complexity index is 1560. The summed E-state index contributed by atoms with van der Waals surface area (Å²) in [5.74, 6) is -1.22. The van der Waals surface area contributed by atoms with Gasteiger partial charge in [-0.15, -0.1) is 0 Å². The zero-order chi connectivity index (χ0) is 26.3. The molecular formula is C28H24N2O6S. The summed E-state index contributed by atoms with van der Waals surface area (Å²) in [6.45, 7) is 2.06. The molecular weight excluding hydrogens is 492 g/mol. The van der Waals surface area contributed by atoms with Gasteiger partial charge in [0, 0.05) is 6.07 Å². The van der Waals surface area contributed by atoms with Crippen molar-refractivity contribution in [1.82, 2.24) is 4.98 Å². The minimum absolute atomic E-state index is 0.0320. The molecule has 8 nitrogen and oxygen atoms in total. The number of anilines is 1. The molecule has 1 fully saturated rings. The largest absolute Gasteiger partial charge is 0.508 e. The van der Waals surface area contributed by atoms with Crippen LogP contribution in [-0.4, -0.2) is 41.1 Å². The number of hydrogen-bond donors (Lipinski definition) is 2. The van der Waals surface area contributed by atoms with Crippen LogP contribution in [0.25, 0.3) is 16.0 Å². The first-order chi connectivity index (χ1) is 17.9. The Labute approximate surface area is 217 Å². The molecule has 9 heteroatoms. The molecule has 1 atom stereocenters. The summed E-state index contributed by atoms with van der Waals surface area (Å²) in [4.78, 5) is 32.9. The van der Waals surface area contributed by atoms with Gasteiger partial charge in [-0.3, -0.25) is 14.5 Å². The van der Waals surface area contributed by atoms with Crippen LogP contribution < -0.4 is 14.4 Å². The molecule has 5 rings (SSSR count). The van der Waals surface area contributed by atoms with Crippen LogP contribution in [0, 0.1) is 0 Å². The fourth-order valence-corrected chi connectivity index (χ4v) is 5.48. The number of aliphatic hydroxyl groups is 1. The lowest BCUT2D eigenvalue weighted by Crippen LogP contribution is -2.29. The summed E-state index contributed by atoms with van der Waals surface area (Å²) in [7, 11) is 2.94. The lowest BCUT2D eigenvalue weighted by molar-refractivity contribution is -0.132. The van der Waals surface area contributed by atoms with E-state index in [0.717, 1.165) is 16.7 Å². The van der Waals surface area contributed by atoms with E-state index in [0.29, 0.717) is 22.0 Å². The number of aryl methyl sites for hydroxylation is 1. The number of carbonyl (C=O) groups is 2. The van der Waals surface area contributed by atoms with Gasteiger partial charge in [-0.2, -0.15) is 0 Å². The zero-order valence-electron chi connectivity index (χ0n) is 20.4. The Balaban J connectivity index is 1.72. The molecule has 0 aliphatic carbocycles. The van der Waals surface area contributed by atoms with E-state index in [4.69, 9.17) is 9.47 Å². The molecule has 4 aromatic rings. The summed E-state index contributed by atoms with van der Waals surface area (Å²) in [5.41, 5.74) is 2.50. The van der Waals surface area contributed by atoms with Crippen molar-refractivity contribution in [2.75, 3.05) is 19.1 Å². The predicted molar refractivity (Wildman–Crippen MR) is 141 cm³/mol. The normalized spacial score (nSPS) is 16.9. The number of rotatable bonds is 6. The number of thiazole rings is 1. The van der Waals surface area contributed by atoms with Crippen molar-refractivity contribution in [3.05, 3.63) is 82.9 Å². The number of aliphatic hydroxyl groups excluding tert-OH is 1. The van der Waals surface area contributed by atoms with Crippen LogP contribution in [0.5, 0.6) is 17.2 Å². The molecule has 1 unspecified atom stereocenters. The highest BCUT2D eigenvalue weighted by Crippen LogP contribution is 2.45. The SMILES string of the molecule is CCc1ccc2nc(N3C(=O)C(=O)/C(=C(/O)c4ccc(OC)cc4OC)C3c3ccc(O)cc3)sc2c1. The van der Waals surface area contributed by atoms with Crippen LogP contribution >= 0.6 is 11.3 Å². The quantitative estimate of drug-likeness (QED) is 0.206. The van der Waals surface area contributed by atoms with Crippen molar-refractivity contribution in [2.24, 2.45) is 0 Å². The maximum absolute atomic E-state index is 13.5. The molecule has 0 radical (unpaired) electrons. The topological polar surface area (TPSA) is 109 Å². The smallest absolute Gasteiger partial charge is 0.301 e. The minimum Gasteiger partial charge on any atom is -0.508 e. The van der Waals surface area contributed by atoms with Gasteiger partial charge < -0.3 is 19.7 Å². The third-order valence-corrected chi connectivity index (χ3v) is 7.39. The number of aromatic nitrogens is 1. The van der Waals surface area contributed by atoms with Crippen LogP contribution in [-0.2, 0) is 16.0 Å². The van der Waals surface area contributed by atoms with Crippen LogP contribution in [0.3, 0.4) is 0 Å². The predicted octanol–water partition coefficient (Wildman–Crippen LogP) is 5.21. The van der Waals surface area contributed by atoms with Gasteiger partial charge in [-0.1, -0.05) is 36.5 Å². The van der Waals surface area contributed by atoms with E-state index in [1.807, 2.05) is 18.2 Å². The molecule has 2 N–H and O–H groups in total. The molecule has 1 aromatic heterocycles. The minimum atomic E-state index is -0.974. The molecule has 2 heterocycles. The van der Waals surface area contributed by atoms with Gasteiger partial charge in [-0.05, 0) is 53.9 Å². The van der Waals surface area contributed by atoms with Gasteiger partial charge in [0.15, 0.2) is 5.13 Å². The van der Waals surface area contributed by atoms with Crippen molar-refractivity contribution in [3.63, 3.8) is 0 Å². The van der Waals surface area contributed by atoms with Gasteiger partial charge in [0.05, 0.1) is 41.6 Å². The lowest BCUT2D eigenvalue weighted by atomic mass is 9.95. The summed E-state index contributed by atoms with van der Waals surface area (Å²) < 4.78 is 11.6. The van der Waals surface area contributed by atoms with E-state index in [-0.39, 0.29) is 28.4 Å². The molecule has 0 spiro atoms. The second kappa shape index (κ2) is 9.59. The summed E-state index contributed by atoms with van der Waals surface area (Å²) >= 11 is 1.30. The maximum atomic E-state index is 13.5. The van der Waals surface area contributed by atoms with E-state index in [1.54, 1.807) is 30.3 Å². The van der Waals surface area contributed by atoms with Crippen molar-refractivity contribution >= 4 is 44.1 Å². The third kappa shape index (κ3) is 4.17. The number of methoxy groups -OCH3 is 2. The average molecular weight is 517 g/mol. The van der Waals surface area contributed by atoms with Gasteiger partial charge in [0.1, 0.15) is 23.0 Å². The highest BCUT2D eigenvalue weighted by Gasteiger charge is 2.48. The van der Waals surface area contributed by atoms with Crippen LogP contribution in [0.15, 0.2) is 66.2 Å². The molecule has 1 aliphatic heterocycles. The molecule has 0 saturated carbocycles. The number of nitrogens with zero attached hydrogens (tertiary/aromatic N) is 2. The van der Waals surface area contributed by atoms with Crippen molar-refractivity contribution < 1.29 is 29.3 Å². The van der Waals surface area contributed by atoms with E-state index in [9.17, 15) is 19.8 Å². The number of fused-ring (bicyclic) bond motifs is 1. The number of hydrogen-bond acceptors (Lipinski definition) is 8. The van der Waals surface area contributed by atoms with E-state index in [1.165, 1.54) is 42.6 Å². The van der Waals surface area contributed by atoms with Crippen LogP contribution in [0.2, 0.25) is 0 Å². The van der Waals surface area contributed by atoms with Crippen LogP contribution in [0.4, 0.5) is 5.13 Å². The number of phenols is 1. The zero-order valence-corrected chi connectivity index (χ0v) is 21.2. The van der Waals surface area contributed by atoms with E-state index in [2.05, 4.69) is 11.9 Å². The number of Topliss-reactive ketones (excluding diaryl/α,β-unsaturated/α-hetero) is 1. The molecule has 1 amide bonds. The molecule has 188 valence electrons. The van der Waals surface area contributed by atoms with Gasteiger partial charge in [-0.25, -0.2) is 4.98 Å². The monoisotopic (exact) mass is 516 g/mol. The lowest BCUT2D eigenvalue weighted by Gasteiger charge is -2.23. The standard InChI is InChI=1S/C28H24N2O6S/c1-4-15-5-12-20-22(13-15)37-28(29-20)30-24(16-6-8-17(31)9-7-16)23(26(33)27(30)34)25(32)19-11-10-18(35-2)14-21(19)36-3/h5-14,24,31-32H,4H2,1-3H3/b25-23+. The van der Waals surface area contributed by atoms with Gasteiger partial charge in [0.2, 0.25) is 0 Å². The van der Waals surface area contributed by atoms with Crippen molar-refractivity contribution in [2.45, 2.75) is 19.4 Å². The number of aromatic hydroxyl groups is 1. The first-order valence-corrected chi connectivity index (χ1v) is 12.4. The van der Waals surface area contributed by atoms with Crippen molar-refractivity contribution in [1.29, 1.82) is 0 Å². The summed E-state index contributed by atoms with van der Waals surface area (Å²) in [6, 6.07) is 15.9. The van der Waals surface area contributed by atoms with Gasteiger partial charge in [0.25, 0.3) is 5.78 Å². The second-order valence-electron chi connectivity index (χ2n) is 8.48. The number of benzene rings is 3. The van der Waals surface area contributed by atoms with Gasteiger partial charge >= 0.3 is 5.91 Å². The Hall–Kier alpha value is -4.37. The third-order valence-electron chi connectivity index (χ3n) is 6.37. The molecule has 37 heavy (non-hydrogen) atoms. The molecule has 1 aliphatic rings. The maximum Gasteiger partial charge on any atom is 0.301 e. The molecule has 3 aromatic carbocycles. The fourth-order valence-electron chi connectivity index (χ4n) is 4.42. The first-order valence-electron chi connectivity index (χ1n) is 11.6. The molecule has 0 bridgehead atoms. The average Bonchev–Trinajstić information content (AvgIpc) is 3.45. The first kappa shape index (κ1) is 24.3. The number of ether oxygens (including phenoxy) is 2. The Morgan fingerprint density at radius 2 is 1.78 bits per heavy atom. The second-order valence-corrected chi connectivity index (χ2v) is 9.49. The Morgan fingerprint density at radius 1 is 1.03 bits per heavy atom.